The van der Waals surface area contributed by atoms with Gasteiger partial charge in [0.1, 0.15) is 9.75 Å². The van der Waals surface area contributed by atoms with Crippen LogP contribution in [0, 0.1) is 0 Å². The summed E-state index contributed by atoms with van der Waals surface area (Å²) in [5, 5.41) is 14.6. The number of aliphatic carboxylic acids is 1. The van der Waals surface area contributed by atoms with E-state index in [2.05, 4.69) is 14.8 Å². The van der Waals surface area contributed by atoms with Gasteiger partial charge in [-0.05, 0) is 47.9 Å². The van der Waals surface area contributed by atoms with Crippen LogP contribution in [0.2, 0.25) is 5.02 Å². The van der Waals surface area contributed by atoms with Crippen LogP contribution in [0.5, 0.6) is 0 Å². The Bertz CT molecular complexity index is 1450. The molecule has 0 unspecified atom stereocenters. The SMILES string of the molecule is O=C(O)[C@@]1(NS(=O)(=O)c2ccc(-c3ccc(Cl)cn3)s2)C[C@H]1c1cccc(Cn2cccn2)c1. The minimum atomic E-state index is -4.07. The first-order valence-electron chi connectivity index (χ1n) is 10.3. The van der Waals surface area contributed by atoms with Crippen molar-refractivity contribution in [3.63, 3.8) is 0 Å². The fourth-order valence-corrected chi connectivity index (χ4v) is 6.76. The van der Waals surface area contributed by atoms with Crippen LogP contribution in [0.15, 0.2) is 77.4 Å². The topological polar surface area (TPSA) is 114 Å². The molecule has 0 radical (unpaired) electrons. The molecule has 0 aliphatic heterocycles. The van der Waals surface area contributed by atoms with Crippen molar-refractivity contribution >= 4 is 38.9 Å². The number of rotatable bonds is 8. The van der Waals surface area contributed by atoms with Crippen LogP contribution in [0.1, 0.15) is 23.5 Å². The molecule has 0 bridgehead atoms. The molecular weight excluding hydrogens is 496 g/mol. The van der Waals surface area contributed by atoms with Crippen molar-refractivity contribution in [2.75, 3.05) is 0 Å². The maximum absolute atomic E-state index is 13.1. The molecule has 8 nitrogen and oxygen atoms in total. The number of hydrogen-bond acceptors (Lipinski definition) is 6. The predicted octanol–water partition coefficient (Wildman–Crippen LogP) is 4.00. The number of benzene rings is 1. The highest BCUT2D eigenvalue weighted by Crippen LogP contribution is 2.52. The summed E-state index contributed by atoms with van der Waals surface area (Å²) in [6, 6.07) is 15.8. The fourth-order valence-electron chi connectivity index (χ4n) is 3.96. The molecule has 5 rings (SSSR count). The number of aromatic nitrogens is 3. The van der Waals surface area contributed by atoms with Gasteiger partial charge in [-0.3, -0.25) is 14.5 Å². The molecule has 0 amide bonds. The first-order chi connectivity index (χ1) is 16.3. The second kappa shape index (κ2) is 8.62. The number of carboxylic acids is 1. The molecule has 174 valence electrons. The van der Waals surface area contributed by atoms with Gasteiger partial charge in [0, 0.05) is 24.5 Å². The Kier molecular flexibility index (Phi) is 5.76. The molecule has 2 atom stereocenters. The summed E-state index contributed by atoms with van der Waals surface area (Å²) < 4.78 is 30.5. The van der Waals surface area contributed by atoms with E-state index in [9.17, 15) is 18.3 Å². The van der Waals surface area contributed by atoms with Crippen LogP contribution in [0.4, 0.5) is 0 Å². The average Bonchev–Trinajstić information content (AvgIpc) is 3.15. The van der Waals surface area contributed by atoms with E-state index in [-0.39, 0.29) is 10.6 Å². The lowest BCUT2D eigenvalue weighted by Crippen LogP contribution is -2.44. The average molecular weight is 515 g/mol. The number of thiophene rings is 1. The van der Waals surface area contributed by atoms with Crippen molar-refractivity contribution in [2.24, 2.45) is 0 Å². The summed E-state index contributed by atoms with van der Waals surface area (Å²) in [4.78, 5) is 17.1. The zero-order valence-electron chi connectivity index (χ0n) is 17.6. The summed E-state index contributed by atoms with van der Waals surface area (Å²) in [6.45, 7) is 0.538. The largest absolute Gasteiger partial charge is 0.480 e. The van der Waals surface area contributed by atoms with Gasteiger partial charge in [-0.25, -0.2) is 8.42 Å². The highest BCUT2D eigenvalue weighted by molar-refractivity contribution is 7.91. The molecule has 0 saturated heterocycles. The third kappa shape index (κ3) is 4.37. The normalized spacial score (nSPS) is 19.7. The lowest BCUT2D eigenvalue weighted by Gasteiger charge is -2.15. The van der Waals surface area contributed by atoms with E-state index in [1.54, 1.807) is 29.1 Å². The summed E-state index contributed by atoms with van der Waals surface area (Å²) in [6.07, 6.45) is 5.18. The zero-order chi connectivity index (χ0) is 23.9. The van der Waals surface area contributed by atoms with Gasteiger partial charge in [-0.15, -0.1) is 11.3 Å². The molecule has 34 heavy (non-hydrogen) atoms. The summed E-state index contributed by atoms with van der Waals surface area (Å²) in [5.74, 6) is -1.68. The van der Waals surface area contributed by atoms with E-state index in [0.717, 1.165) is 22.5 Å². The van der Waals surface area contributed by atoms with Crippen molar-refractivity contribution in [1.29, 1.82) is 0 Å². The summed E-state index contributed by atoms with van der Waals surface area (Å²) >= 11 is 6.89. The summed E-state index contributed by atoms with van der Waals surface area (Å²) in [7, 11) is -4.07. The van der Waals surface area contributed by atoms with E-state index in [4.69, 9.17) is 11.6 Å². The van der Waals surface area contributed by atoms with Crippen molar-refractivity contribution in [3.05, 3.63) is 89.3 Å². The van der Waals surface area contributed by atoms with Crippen molar-refractivity contribution in [2.45, 2.75) is 28.6 Å². The van der Waals surface area contributed by atoms with Gasteiger partial charge in [-0.1, -0.05) is 35.9 Å². The fraction of sp³-hybridized carbons (Fsp3) is 0.174. The smallest absolute Gasteiger partial charge is 0.325 e. The van der Waals surface area contributed by atoms with E-state index >= 15 is 0 Å². The quantitative estimate of drug-likeness (QED) is 0.367. The van der Waals surface area contributed by atoms with E-state index in [0.29, 0.717) is 22.1 Å². The molecule has 1 aromatic carbocycles. The lowest BCUT2D eigenvalue weighted by molar-refractivity contribution is -0.140. The Balaban J connectivity index is 1.37. The van der Waals surface area contributed by atoms with Gasteiger partial charge in [0.2, 0.25) is 0 Å². The second-order valence-electron chi connectivity index (χ2n) is 8.07. The Morgan fingerprint density at radius 3 is 2.79 bits per heavy atom. The standard InChI is InChI=1S/C23H19ClN4O4S2/c24-17-5-6-19(25-13-17)20-7-8-21(33-20)34(31,32)27-23(22(29)30)12-18(23)16-4-1-3-15(11-16)14-28-10-2-9-26-28/h1-11,13,18,27H,12,14H2,(H,29,30)/t18-,23+/m0/s1. The number of carbonyl (C=O) groups is 1. The minimum absolute atomic E-state index is 0.0259. The van der Waals surface area contributed by atoms with Gasteiger partial charge < -0.3 is 5.11 Å². The number of sulfonamides is 1. The van der Waals surface area contributed by atoms with Gasteiger partial charge in [0.15, 0.2) is 0 Å². The molecule has 1 saturated carbocycles. The number of halogens is 1. The van der Waals surface area contributed by atoms with Crippen molar-refractivity contribution in [1.82, 2.24) is 19.5 Å². The molecule has 0 spiro atoms. The molecule has 1 aliphatic rings. The minimum Gasteiger partial charge on any atom is -0.480 e. The van der Waals surface area contributed by atoms with Crippen molar-refractivity contribution in [3.8, 4) is 10.6 Å². The third-order valence-electron chi connectivity index (χ3n) is 5.74. The highest BCUT2D eigenvalue weighted by Gasteiger charge is 2.63. The van der Waals surface area contributed by atoms with Crippen LogP contribution < -0.4 is 4.72 Å². The number of nitrogens with one attached hydrogen (secondary N) is 1. The Hall–Kier alpha value is -3.05. The molecular formula is C23H19ClN4O4S2. The maximum atomic E-state index is 13.1. The Labute approximate surface area is 204 Å². The van der Waals surface area contributed by atoms with E-state index < -0.39 is 27.4 Å². The van der Waals surface area contributed by atoms with Crippen LogP contribution in [-0.4, -0.2) is 39.8 Å². The van der Waals surface area contributed by atoms with Crippen LogP contribution in [-0.2, 0) is 21.4 Å². The maximum Gasteiger partial charge on any atom is 0.325 e. The highest BCUT2D eigenvalue weighted by atomic mass is 35.5. The van der Waals surface area contributed by atoms with E-state index in [1.807, 2.05) is 36.5 Å². The monoisotopic (exact) mass is 514 g/mol. The number of nitrogens with zero attached hydrogens (tertiary/aromatic N) is 3. The third-order valence-corrected chi connectivity index (χ3v) is 9.08. The van der Waals surface area contributed by atoms with Gasteiger partial charge in [0.25, 0.3) is 10.0 Å². The van der Waals surface area contributed by atoms with Crippen LogP contribution in [0.25, 0.3) is 10.6 Å². The number of carboxylic acid groups (broad SMARTS) is 1. The molecule has 1 fully saturated rings. The predicted molar refractivity (Wildman–Crippen MR) is 128 cm³/mol. The van der Waals surface area contributed by atoms with Gasteiger partial charge in [0.05, 0.1) is 22.1 Å². The Morgan fingerprint density at radius 1 is 1.24 bits per heavy atom. The number of hydrogen-bond donors (Lipinski definition) is 2. The number of pyridine rings is 1. The van der Waals surface area contributed by atoms with Gasteiger partial charge >= 0.3 is 5.97 Å². The molecule has 4 aromatic rings. The van der Waals surface area contributed by atoms with Gasteiger partial charge in [-0.2, -0.15) is 9.82 Å². The van der Waals surface area contributed by atoms with Crippen LogP contribution >= 0.6 is 22.9 Å². The molecule has 1 aliphatic carbocycles. The zero-order valence-corrected chi connectivity index (χ0v) is 20.0. The molecule has 11 heteroatoms. The first-order valence-corrected chi connectivity index (χ1v) is 13.0. The molecule has 3 aromatic heterocycles. The molecule has 3 heterocycles. The Morgan fingerprint density at radius 2 is 2.09 bits per heavy atom. The summed E-state index contributed by atoms with van der Waals surface area (Å²) in [5.41, 5.74) is 0.717. The lowest BCUT2D eigenvalue weighted by atomic mass is 10.0. The van der Waals surface area contributed by atoms with Crippen LogP contribution in [0.3, 0.4) is 0 Å². The van der Waals surface area contributed by atoms with Crippen molar-refractivity contribution < 1.29 is 18.3 Å². The molecule has 2 N–H and O–H groups in total. The van der Waals surface area contributed by atoms with E-state index in [1.165, 1.54) is 12.3 Å². The second-order valence-corrected chi connectivity index (χ2v) is 11.5. The first kappa shape index (κ1) is 22.7.